The minimum absolute atomic E-state index is 0.0340. The van der Waals surface area contributed by atoms with Crippen molar-refractivity contribution < 1.29 is 17.9 Å². The fraction of sp³-hybridized carbons (Fsp3) is 0.458. The van der Waals surface area contributed by atoms with E-state index in [1.807, 2.05) is 24.8 Å². The second-order valence-electron chi connectivity index (χ2n) is 8.20. The number of carbonyl (C=O) groups is 1. The molecule has 168 valence electrons. The fourth-order valence-electron chi connectivity index (χ4n) is 3.70. The Balaban J connectivity index is 1.44. The lowest BCUT2D eigenvalue weighted by molar-refractivity contribution is -0.134. The zero-order valence-electron chi connectivity index (χ0n) is 18.3. The highest BCUT2D eigenvalue weighted by atomic mass is 32.2. The Morgan fingerprint density at radius 3 is 2.35 bits per heavy atom. The molecule has 1 fully saturated rings. The summed E-state index contributed by atoms with van der Waals surface area (Å²) in [6.07, 6.45) is 3.76. The van der Waals surface area contributed by atoms with Crippen LogP contribution in [-0.4, -0.2) is 45.0 Å². The lowest BCUT2D eigenvalue weighted by Crippen LogP contribution is -2.41. The first-order chi connectivity index (χ1) is 14.9. The number of hydrogen-bond donors (Lipinski definition) is 1. The number of benzene rings is 2. The van der Waals surface area contributed by atoms with Crippen molar-refractivity contribution in [2.45, 2.75) is 50.5 Å². The average molecular weight is 445 g/mol. The van der Waals surface area contributed by atoms with E-state index in [0.717, 1.165) is 32.4 Å². The molecule has 7 heteroatoms. The minimum Gasteiger partial charge on any atom is -0.484 e. The lowest BCUT2D eigenvalue weighted by atomic mass is 9.90. The molecule has 6 nitrogen and oxygen atoms in total. The number of piperidine rings is 1. The number of hydrogen-bond acceptors (Lipinski definition) is 4. The number of nitrogens with zero attached hydrogens (tertiary/aromatic N) is 1. The van der Waals surface area contributed by atoms with Gasteiger partial charge in [-0.1, -0.05) is 37.3 Å². The van der Waals surface area contributed by atoms with Crippen LogP contribution < -0.4 is 9.46 Å². The maximum atomic E-state index is 12.5. The average Bonchev–Trinajstić information content (AvgIpc) is 2.78. The first-order valence-corrected chi connectivity index (χ1v) is 12.4. The second-order valence-corrected chi connectivity index (χ2v) is 9.92. The Labute approximate surface area is 185 Å². The molecule has 0 aromatic heterocycles. The van der Waals surface area contributed by atoms with Crippen molar-refractivity contribution in [1.29, 1.82) is 0 Å². The third-order valence-electron chi connectivity index (χ3n) is 5.80. The summed E-state index contributed by atoms with van der Waals surface area (Å²) in [5.74, 6) is 1.05. The van der Waals surface area contributed by atoms with Crippen LogP contribution in [0.2, 0.25) is 0 Å². The van der Waals surface area contributed by atoms with Gasteiger partial charge >= 0.3 is 0 Å². The van der Waals surface area contributed by atoms with Crippen LogP contribution in [-0.2, 0) is 21.2 Å². The highest BCUT2D eigenvalue weighted by Gasteiger charge is 2.23. The van der Waals surface area contributed by atoms with Gasteiger partial charge in [-0.15, -0.1) is 0 Å². The SMILES string of the molecule is CC[C@H](C)NS(=O)(=O)c1ccc(OCC(=O)N2CCC(Cc3ccccc3)CC2)cc1. The number of rotatable bonds is 9. The number of carbonyl (C=O) groups excluding carboxylic acids is 1. The highest BCUT2D eigenvalue weighted by molar-refractivity contribution is 7.89. The molecule has 0 spiro atoms. The second kappa shape index (κ2) is 10.8. The van der Waals surface area contributed by atoms with E-state index in [0.29, 0.717) is 18.1 Å². The maximum absolute atomic E-state index is 12.5. The van der Waals surface area contributed by atoms with Gasteiger partial charge in [-0.05, 0) is 68.4 Å². The van der Waals surface area contributed by atoms with Crippen molar-refractivity contribution in [1.82, 2.24) is 9.62 Å². The van der Waals surface area contributed by atoms with E-state index in [9.17, 15) is 13.2 Å². The standard InChI is InChI=1S/C24H32N2O4S/c1-3-19(2)25-31(28,29)23-11-9-22(10-12-23)30-18-24(27)26-15-13-21(14-16-26)17-20-7-5-4-6-8-20/h4-12,19,21,25H,3,13-18H2,1-2H3/t19-/m0/s1. The Morgan fingerprint density at radius 1 is 1.10 bits per heavy atom. The van der Waals surface area contributed by atoms with Crippen LogP contribution in [0.25, 0.3) is 0 Å². The molecular weight excluding hydrogens is 412 g/mol. The van der Waals surface area contributed by atoms with Gasteiger partial charge in [0.2, 0.25) is 10.0 Å². The highest BCUT2D eigenvalue weighted by Crippen LogP contribution is 2.22. The monoisotopic (exact) mass is 444 g/mol. The van der Waals surface area contributed by atoms with Gasteiger partial charge in [-0.2, -0.15) is 0 Å². The zero-order valence-corrected chi connectivity index (χ0v) is 19.1. The summed E-state index contributed by atoms with van der Waals surface area (Å²) in [7, 11) is -3.55. The first kappa shape index (κ1) is 23.3. The topological polar surface area (TPSA) is 75.7 Å². The summed E-state index contributed by atoms with van der Waals surface area (Å²) >= 11 is 0. The van der Waals surface area contributed by atoms with Gasteiger partial charge in [0.05, 0.1) is 4.90 Å². The van der Waals surface area contributed by atoms with E-state index >= 15 is 0 Å². The quantitative estimate of drug-likeness (QED) is 0.641. The molecule has 0 radical (unpaired) electrons. The van der Waals surface area contributed by atoms with E-state index in [-0.39, 0.29) is 23.5 Å². The summed E-state index contributed by atoms with van der Waals surface area (Å²) < 4.78 is 32.9. The molecule has 2 aromatic rings. The van der Waals surface area contributed by atoms with E-state index in [4.69, 9.17) is 4.74 Å². The molecular formula is C24H32N2O4S. The van der Waals surface area contributed by atoms with Crippen LogP contribution in [0.5, 0.6) is 5.75 Å². The van der Waals surface area contributed by atoms with Crippen LogP contribution in [0.4, 0.5) is 0 Å². The maximum Gasteiger partial charge on any atom is 0.260 e. The van der Waals surface area contributed by atoms with E-state index < -0.39 is 10.0 Å². The van der Waals surface area contributed by atoms with Crippen molar-refractivity contribution in [3.63, 3.8) is 0 Å². The molecule has 1 aliphatic heterocycles. The molecule has 0 aliphatic carbocycles. The predicted octanol–water partition coefficient (Wildman–Crippen LogP) is 3.62. The van der Waals surface area contributed by atoms with Gasteiger partial charge in [0.15, 0.2) is 6.61 Å². The molecule has 1 atom stereocenters. The van der Waals surface area contributed by atoms with Gasteiger partial charge in [0, 0.05) is 19.1 Å². The molecule has 0 bridgehead atoms. The predicted molar refractivity (Wildman–Crippen MR) is 121 cm³/mol. The van der Waals surface area contributed by atoms with Crippen molar-refractivity contribution in [2.75, 3.05) is 19.7 Å². The lowest BCUT2D eigenvalue weighted by Gasteiger charge is -2.32. The van der Waals surface area contributed by atoms with Crippen LogP contribution in [0.15, 0.2) is 59.5 Å². The smallest absolute Gasteiger partial charge is 0.260 e. The molecule has 1 aliphatic rings. The van der Waals surface area contributed by atoms with Gasteiger partial charge in [-0.25, -0.2) is 13.1 Å². The van der Waals surface area contributed by atoms with Gasteiger partial charge in [-0.3, -0.25) is 4.79 Å². The third-order valence-corrected chi connectivity index (χ3v) is 7.40. The Bertz CT molecular complexity index is 937. The summed E-state index contributed by atoms with van der Waals surface area (Å²) in [6.45, 7) is 5.20. The Hall–Kier alpha value is -2.38. The van der Waals surface area contributed by atoms with Crippen molar-refractivity contribution in [3.8, 4) is 5.75 Å². The number of ether oxygens (including phenoxy) is 1. The van der Waals surface area contributed by atoms with Gasteiger partial charge in [0.25, 0.3) is 5.91 Å². The third kappa shape index (κ3) is 6.80. The molecule has 0 saturated carbocycles. The van der Waals surface area contributed by atoms with Crippen molar-refractivity contribution >= 4 is 15.9 Å². The number of amides is 1. The zero-order chi connectivity index (χ0) is 22.3. The van der Waals surface area contributed by atoms with E-state index in [2.05, 4.69) is 29.0 Å². The summed E-state index contributed by atoms with van der Waals surface area (Å²) in [4.78, 5) is 14.6. The fourth-order valence-corrected chi connectivity index (χ4v) is 5.03. The summed E-state index contributed by atoms with van der Waals surface area (Å²) in [5, 5.41) is 0. The first-order valence-electron chi connectivity index (χ1n) is 10.9. The molecule has 3 rings (SSSR count). The van der Waals surface area contributed by atoms with Crippen LogP contribution >= 0.6 is 0 Å². The normalized spacial score (nSPS) is 16.1. The van der Waals surface area contributed by atoms with Gasteiger partial charge < -0.3 is 9.64 Å². The number of nitrogens with one attached hydrogen (secondary N) is 1. The molecule has 2 aromatic carbocycles. The summed E-state index contributed by atoms with van der Waals surface area (Å²) in [6, 6.07) is 16.5. The molecule has 1 N–H and O–H groups in total. The minimum atomic E-state index is -3.55. The van der Waals surface area contributed by atoms with E-state index in [1.54, 1.807) is 12.1 Å². The number of likely N-dealkylation sites (tertiary alicyclic amines) is 1. The van der Waals surface area contributed by atoms with E-state index in [1.165, 1.54) is 17.7 Å². The van der Waals surface area contributed by atoms with Crippen LogP contribution in [0.3, 0.4) is 0 Å². The Kier molecular flexibility index (Phi) is 8.09. The molecule has 1 saturated heterocycles. The van der Waals surface area contributed by atoms with Crippen molar-refractivity contribution in [3.05, 3.63) is 60.2 Å². The number of sulfonamides is 1. The Morgan fingerprint density at radius 2 is 1.74 bits per heavy atom. The molecule has 1 amide bonds. The van der Waals surface area contributed by atoms with Crippen LogP contribution in [0, 0.1) is 5.92 Å². The largest absolute Gasteiger partial charge is 0.484 e. The van der Waals surface area contributed by atoms with Gasteiger partial charge in [0.1, 0.15) is 5.75 Å². The molecule has 0 unspecified atom stereocenters. The molecule has 1 heterocycles. The summed E-state index contributed by atoms with van der Waals surface area (Å²) in [5.41, 5.74) is 1.35. The van der Waals surface area contributed by atoms with Crippen LogP contribution in [0.1, 0.15) is 38.7 Å². The molecule has 31 heavy (non-hydrogen) atoms. The van der Waals surface area contributed by atoms with Crippen molar-refractivity contribution in [2.24, 2.45) is 5.92 Å².